The Hall–Kier alpha value is -2.89. The van der Waals surface area contributed by atoms with Gasteiger partial charge in [0.05, 0.1) is 11.7 Å². The second kappa shape index (κ2) is 5.88. The van der Waals surface area contributed by atoms with E-state index < -0.39 is 0 Å². The molecule has 2 aromatic heterocycles. The van der Waals surface area contributed by atoms with E-state index in [1.807, 2.05) is 58.6 Å². The summed E-state index contributed by atoms with van der Waals surface area (Å²) in [5.74, 6) is 0.924. The second-order valence-electron chi connectivity index (χ2n) is 6.68. The van der Waals surface area contributed by atoms with Crippen LogP contribution in [0.2, 0.25) is 0 Å². The van der Waals surface area contributed by atoms with E-state index in [0.717, 1.165) is 22.8 Å². The molecule has 25 heavy (non-hydrogen) atoms. The van der Waals surface area contributed by atoms with Crippen molar-refractivity contribution in [3.8, 4) is 11.4 Å². The molecule has 6 nitrogen and oxygen atoms in total. The molecule has 3 aromatic rings. The van der Waals surface area contributed by atoms with E-state index >= 15 is 0 Å². The molecular weight excluding hydrogens is 314 g/mol. The second-order valence-corrected chi connectivity index (χ2v) is 6.68. The van der Waals surface area contributed by atoms with Gasteiger partial charge in [0.2, 0.25) is 0 Å². The van der Waals surface area contributed by atoms with E-state index in [1.165, 1.54) is 0 Å². The highest BCUT2D eigenvalue weighted by Gasteiger charge is 2.33. The van der Waals surface area contributed by atoms with Crippen LogP contribution in [0, 0.1) is 13.8 Å². The van der Waals surface area contributed by atoms with Crippen molar-refractivity contribution in [1.82, 2.24) is 24.2 Å². The Morgan fingerprint density at radius 1 is 1.20 bits per heavy atom. The lowest BCUT2D eigenvalue weighted by Crippen LogP contribution is -2.51. The summed E-state index contributed by atoms with van der Waals surface area (Å²) in [6, 6.07) is 10.0. The number of imidazole rings is 1. The Labute approximate surface area is 146 Å². The van der Waals surface area contributed by atoms with Crippen LogP contribution in [-0.2, 0) is 7.05 Å². The van der Waals surface area contributed by atoms with Crippen molar-refractivity contribution in [3.63, 3.8) is 0 Å². The van der Waals surface area contributed by atoms with Crippen molar-refractivity contribution < 1.29 is 4.79 Å². The van der Waals surface area contributed by atoms with Crippen LogP contribution in [0.15, 0.2) is 42.7 Å². The molecule has 1 aliphatic heterocycles. The first-order valence-electron chi connectivity index (χ1n) is 8.42. The molecule has 0 spiro atoms. The number of aromatic nitrogens is 4. The summed E-state index contributed by atoms with van der Waals surface area (Å²) in [6.07, 6.45) is 3.66. The van der Waals surface area contributed by atoms with Crippen LogP contribution < -0.4 is 0 Å². The van der Waals surface area contributed by atoms with E-state index in [-0.39, 0.29) is 11.9 Å². The lowest BCUT2D eigenvalue weighted by molar-refractivity contribution is 0.0497. The van der Waals surface area contributed by atoms with E-state index in [4.69, 9.17) is 0 Å². The zero-order valence-electron chi connectivity index (χ0n) is 14.7. The minimum Gasteiger partial charge on any atom is -0.334 e. The van der Waals surface area contributed by atoms with Crippen LogP contribution in [0.3, 0.4) is 0 Å². The van der Waals surface area contributed by atoms with Gasteiger partial charge in [-0.3, -0.25) is 9.48 Å². The van der Waals surface area contributed by atoms with Gasteiger partial charge in [0.25, 0.3) is 5.91 Å². The minimum atomic E-state index is 0.0637. The highest BCUT2D eigenvalue weighted by molar-refractivity contribution is 5.95. The number of amides is 1. The number of carbonyl (C=O) groups is 1. The zero-order valence-corrected chi connectivity index (χ0v) is 14.7. The van der Waals surface area contributed by atoms with Gasteiger partial charge in [-0.2, -0.15) is 5.10 Å². The molecule has 1 amide bonds. The molecule has 1 saturated heterocycles. The molecule has 0 aliphatic carbocycles. The number of benzene rings is 1. The van der Waals surface area contributed by atoms with Crippen LogP contribution in [0.5, 0.6) is 0 Å². The number of hydrogen-bond donors (Lipinski definition) is 0. The molecule has 1 aliphatic rings. The van der Waals surface area contributed by atoms with Crippen LogP contribution in [-0.4, -0.2) is 43.2 Å². The maximum atomic E-state index is 12.8. The standard InChI is InChI=1S/C19H21N5O/c1-13-9-14(2)24(21-13)17-11-23(12-17)19(25)16-6-4-5-15(10-16)18-20-7-8-22(18)3/h4-10,17H,11-12H2,1-3H3. The van der Waals surface area contributed by atoms with Gasteiger partial charge < -0.3 is 9.47 Å². The van der Waals surface area contributed by atoms with Crippen LogP contribution in [0.4, 0.5) is 0 Å². The normalized spacial score (nSPS) is 14.6. The van der Waals surface area contributed by atoms with Gasteiger partial charge in [-0.05, 0) is 32.0 Å². The molecule has 0 saturated carbocycles. The molecule has 3 heterocycles. The van der Waals surface area contributed by atoms with E-state index in [2.05, 4.69) is 23.1 Å². The molecule has 128 valence electrons. The molecule has 0 radical (unpaired) electrons. The Bertz CT molecular complexity index is 933. The van der Waals surface area contributed by atoms with Gasteiger partial charge in [0.15, 0.2) is 0 Å². The number of likely N-dealkylation sites (tertiary alicyclic amines) is 1. The third-order valence-corrected chi connectivity index (χ3v) is 4.73. The first-order chi connectivity index (χ1) is 12.0. The number of carbonyl (C=O) groups excluding carboxylic acids is 1. The number of rotatable bonds is 3. The van der Waals surface area contributed by atoms with Crippen LogP contribution in [0.25, 0.3) is 11.4 Å². The quantitative estimate of drug-likeness (QED) is 0.739. The Morgan fingerprint density at radius 2 is 2.00 bits per heavy atom. The van der Waals surface area contributed by atoms with Crippen LogP contribution in [0.1, 0.15) is 27.8 Å². The van der Waals surface area contributed by atoms with Gasteiger partial charge in [0, 0.05) is 49.4 Å². The number of hydrogen-bond acceptors (Lipinski definition) is 3. The molecule has 0 unspecified atom stereocenters. The van der Waals surface area contributed by atoms with E-state index in [0.29, 0.717) is 18.7 Å². The first-order valence-corrected chi connectivity index (χ1v) is 8.42. The van der Waals surface area contributed by atoms with Crippen molar-refractivity contribution in [3.05, 3.63) is 59.7 Å². The van der Waals surface area contributed by atoms with Gasteiger partial charge in [-0.1, -0.05) is 12.1 Å². The number of aryl methyl sites for hydroxylation is 3. The fourth-order valence-electron chi connectivity index (χ4n) is 3.41. The summed E-state index contributed by atoms with van der Waals surface area (Å²) in [5.41, 5.74) is 3.82. The van der Waals surface area contributed by atoms with Crippen molar-refractivity contribution in [1.29, 1.82) is 0 Å². The van der Waals surface area contributed by atoms with E-state index in [1.54, 1.807) is 6.20 Å². The van der Waals surface area contributed by atoms with Gasteiger partial charge in [0.1, 0.15) is 5.82 Å². The average molecular weight is 335 g/mol. The average Bonchev–Trinajstić information content (AvgIpc) is 3.11. The molecule has 1 fully saturated rings. The van der Waals surface area contributed by atoms with Crippen molar-refractivity contribution in [2.75, 3.05) is 13.1 Å². The third kappa shape index (κ3) is 2.73. The number of nitrogens with zero attached hydrogens (tertiary/aromatic N) is 5. The molecule has 0 bridgehead atoms. The smallest absolute Gasteiger partial charge is 0.254 e. The topological polar surface area (TPSA) is 56.0 Å². The third-order valence-electron chi connectivity index (χ3n) is 4.73. The maximum Gasteiger partial charge on any atom is 0.254 e. The minimum absolute atomic E-state index is 0.0637. The summed E-state index contributed by atoms with van der Waals surface area (Å²) in [4.78, 5) is 19.0. The Balaban J connectivity index is 1.50. The molecule has 4 rings (SSSR count). The summed E-state index contributed by atoms with van der Waals surface area (Å²) >= 11 is 0. The molecule has 1 aromatic carbocycles. The van der Waals surface area contributed by atoms with Crippen molar-refractivity contribution >= 4 is 5.91 Å². The van der Waals surface area contributed by atoms with Gasteiger partial charge in [-0.25, -0.2) is 4.98 Å². The van der Waals surface area contributed by atoms with Gasteiger partial charge in [-0.15, -0.1) is 0 Å². The van der Waals surface area contributed by atoms with E-state index in [9.17, 15) is 4.79 Å². The Kier molecular flexibility index (Phi) is 3.67. The fourth-order valence-corrected chi connectivity index (χ4v) is 3.41. The monoisotopic (exact) mass is 335 g/mol. The lowest BCUT2D eigenvalue weighted by atomic mass is 10.0. The summed E-state index contributed by atoms with van der Waals surface area (Å²) < 4.78 is 3.98. The molecule has 0 atom stereocenters. The fraction of sp³-hybridized carbons (Fsp3) is 0.316. The lowest BCUT2D eigenvalue weighted by Gasteiger charge is -2.39. The highest BCUT2D eigenvalue weighted by Crippen LogP contribution is 2.26. The predicted octanol–water partition coefficient (Wildman–Crippen LogP) is 2.60. The van der Waals surface area contributed by atoms with Crippen LogP contribution >= 0.6 is 0 Å². The molecular formula is C19H21N5O. The maximum absolute atomic E-state index is 12.8. The zero-order chi connectivity index (χ0) is 17.6. The summed E-state index contributed by atoms with van der Waals surface area (Å²) in [6.45, 7) is 5.45. The SMILES string of the molecule is Cc1cc(C)n(C2CN(C(=O)c3cccc(-c4nccn4C)c3)C2)n1. The first kappa shape index (κ1) is 15.6. The van der Waals surface area contributed by atoms with Gasteiger partial charge >= 0.3 is 0 Å². The largest absolute Gasteiger partial charge is 0.334 e. The van der Waals surface area contributed by atoms with Crippen molar-refractivity contribution in [2.24, 2.45) is 7.05 Å². The summed E-state index contributed by atoms with van der Waals surface area (Å²) in [7, 11) is 1.95. The Morgan fingerprint density at radius 3 is 2.64 bits per heavy atom. The predicted molar refractivity (Wildman–Crippen MR) is 95.3 cm³/mol. The highest BCUT2D eigenvalue weighted by atomic mass is 16.2. The molecule has 6 heteroatoms. The summed E-state index contributed by atoms with van der Waals surface area (Å²) in [5, 5.41) is 4.52. The van der Waals surface area contributed by atoms with Crippen molar-refractivity contribution in [2.45, 2.75) is 19.9 Å². The molecule has 0 N–H and O–H groups in total.